The van der Waals surface area contributed by atoms with Crippen molar-refractivity contribution in [2.45, 2.75) is 6.92 Å². The predicted octanol–water partition coefficient (Wildman–Crippen LogP) is 2.30. The summed E-state index contributed by atoms with van der Waals surface area (Å²) in [4.78, 5) is 6.32. The predicted molar refractivity (Wildman–Crippen MR) is 50.9 cm³/mol. The van der Waals surface area contributed by atoms with Crippen LogP contribution >= 0.6 is 15.9 Å². The number of pyridine rings is 1. The average molecular weight is 215 g/mol. The van der Waals surface area contributed by atoms with Gasteiger partial charge in [0.2, 0.25) is 0 Å². The molecule has 1 aromatic rings. The number of rotatable bonds is 2. The van der Waals surface area contributed by atoms with Gasteiger partial charge in [-0.3, -0.25) is 0 Å². The molecule has 60 valence electrons. The Morgan fingerprint density at radius 1 is 1.55 bits per heavy atom. The van der Waals surface area contributed by atoms with E-state index in [1.54, 1.807) is 0 Å². The van der Waals surface area contributed by atoms with Crippen LogP contribution in [0.15, 0.2) is 22.8 Å². The minimum absolute atomic E-state index is 0.981. The zero-order chi connectivity index (χ0) is 8.27. The van der Waals surface area contributed by atoms with Crippen molar-refractivity contribution in [1.29, 1.82) is 0 Å². The van der Waals surface area contributed by atoms with E-state index in [2.05, 4.69) is 32.7 Å². The molecule has 0 N–H and O–H groups in total. The first-order valence-electron chi connectivity index (χ1n) is 3.56. The van der Waals surface area contributed by atoms with Crippen molar-refractivity contribution < 1.29 is 0 Å². The Bertz CT molecular complexity index is 220. The van der Waals surface area contributed by atoms with Crippen LogP contribution in [-0.2, 0) is 0 Å². The van der Waals surface area contributed by atoms with Gasteiger partial charge in [0.15, 0.2) is 0 Å². The van der Waals surface area contributed by atoms with Crippen LogP contribution in [0.2, 0.25) is 0 Å². The fourth-order valence-electron chi connectivity index (χ4n) is 0.756. The van der Waals surface area contributed by atoms with Crippen molar-refractivity contribution in [3.63, 3.8) is 0 Å². The van der Waals surface area contributed by atoms with E-state index in [4.69, 9.17) is 0 Å². The van der Waals surface area contributed by atoms with E-state index in [1.165, 1.54) is 0 Å². The lowest BCUT2D eigenvalue weighted by Gasteiger charge is -2.14. The first-order chi connectivity index (χ1) is 5.24. The minimum Gasteiger partial charge on any atom is -0.360 e. The molecule has 0 aliphatic carbocycles. The van der Waals surface area contributed by atoms with Gasteiger partial charge in [-0.1, -0.05) is 0 Å². The van der Waals surface area contributed by atoms with Crippen LogP contribution in [-0.4, -0.2) is 18.6 Å². The van der Waals surface area contributed by atoms with Gasteiger partial charge >= 0.3 is 0 Å². The molecule has 1 rings (SSSR count). The molecule has 0 saturated heterocycles. The molecule has 0 radical (unpaired) electrons. The molecule has 0 aliphatic heterocycles. The number of hydrogen-bond donors (Lipinski definition) is 0. The molecule has 11 heavy (non-hydrogen) atoms. The van der Waals surface area contributed by atoms with E-state index in [0.717, 1.165) is 16.8 Å². The molecular formula is C8H11BrN2. The molecule has 0 fully saturated rings. The molecular weight excluding hydrogens is 204 g/mol. The Hall–Kier alpha value is -0.570. The van der Waals surface area contributed by atoms with Gasteiger partial charge in [0.25, 0.3) is 0 Å². The SMILES string of the molecule is CCN(C)c1ccc(Br)cn1. The molecule has 2 nitrogen and oxygen atoms in total. The molecule has 1 heterocycles. The number of hydrogen-bond acceptors (Lipinski definition) is 2. The summed E-state index contributed by atoms with van der Waals surface area (Å²) in [6.07, 6.45) is 1.81. The van der Waals surface area contributed by atoms with Crippen LogP contribution in [0.25, 0.3) is 0 Å². The highest BCUT2D eigenvalue weighted by Crippen LogP contribution is 2.12. The zero-order valence-electron chi connectivity index (χ0n) is 6.71. The molecule has 0 bridgehead atoms. The van der Waals surface area contributed by atoms with E-state index >= 15 is 0 Å². The lowest BCUT2D eigenvalue weighted by molar-refractivity contribution is 0.937. The second kappa shape index (κ2) is 3.72. The van der Waals surface area contributed by atoms with Crippen LogP contribution < -0.4 is 4.90 Å². The third-order valence-electron chi connectivity index (χ3n) is 1.58. The Balaban J connectivity index is 2.81. The molecule has 0 aliphatic rings. The number of nitrogens with zero attached hydrogens (tertiary/aromatic N) is 2. The fraction of sp³-hybridized carbons (Fsp3) is 0.375. The van der Waals surface area contributed by atoms with E-state index in [-0.39, 0.29) is 0 Å². The Kier molecular flexibility index (Phi) is 2.88. The minimum atomic E-state index is 0.981. The second-order valence-electron chi connectivity index (χ2n) is 2.35. The second-order valence-corrected chi connectivity index (χ2v) is 3.26. The van der Waals surface area contributed by atoms with Crippen molar-refractivity contribution in [3.8, 4) is 0 Å². The van der Waals surface area contributed by atoms with Crippen molar-refractivity contribution in [2.24, 2.45) is 0 Å². The summed E-state index contributed by atoms with van der Waals surface area (Å²) in [6, 6.07) is 3.99. The standard InChI is InChI=1S/C8H11BrN2/c1-3-11(2)8-5-4-7(9)6-10-8/h4-6H,3H2,1-2H3. The highest BCUT2D eigenvalue weighted by atomic mass is 79.9. The van der Waals surface area contributed by atoms with E-state index in [0.29, 0.717) is 0 Å². The smallest absolute Gasteiger partial charge is 0.128 e. The first kappa shape index (κ1) is 8.53. The van der Waals surface area contributed by atoms with Crippen molar-refractivity contribution >= 4 is 21.7 Å². The summed E-state index contributed by atoms with van der Waals surface area (Å²) in [7, 11) is 2.02. The molecule has 3 heteroatoms. The highest BCUT2D eigenvalue weighted by molar-refractivity contribution is 9.10. The van der Waals surface area contributed by atoms with Gasteiger partial charge in [0, 0.05) is 24.3 Å². The normalized spacial score (nSPS) is 9.73. The van der Waals surface area contributed by atoms with Gasteiger partial charge < -0.3 is 4.90 Å². The van der Waals surface area contributed by atoms with Gasteiger partial charge in [0.05, 0.1) is 0 Å². The maximum atomic E-state index is 4.23. The lowest BCUT2D eigenvalue weighted by Crippen LogP contribution is -2.16. The number of aromatic nitrogens is 1. The van der Waals surface area contributed by atoms with Crippen molar-refractivity contribution in [3.05, 3.63) is 22.8 Å². The molecule has 1 aromatic heterocycles. The molecule has 0 saturated carbocycles. The first-order valence-corrected chi connectivity index (χ1v) is 4.36. The van der Waals surface area contributed by atoms with E-state index in [1.807, 2.05) is 25.4 Å². The maximum Gasteiger partial charge on any atom is 0.128 e. The largest absolute Gasteiger partial charge is 0.360 e. The molecule has 0 unspecified atom stereocenters. The zero-order valence-corrected chi connectivity index (χ0v) is 8.30. The summed E-state index contributed by atoms with van der Waals surface area (Å²) in [6.45, 7) is 3.08. The molecule has 0 amide bonds. The third kappa shape index (κ3) is 2.19. The quantitative estimate of drug-likeness (QED) is 0.752. The number of anilines is 1. The molecule has 0 atom stereocenters. The average Bonchev–Trinajstić information content (AvgIpc) is 2.05. The van der Waals surface area contributed by atoms with Gasteiger partial charge in [-0.05, 0) is 35.0 Å². The monoisotopic (exact) mass is 214 g/mol. The lowest BCUT2D eigenvalue weighted by atomic mass is 10.4. The fourth-order valence-corrected chi connectivity index (χ4v) is 0.990. The van der Waals surface area contributed by atoms with E-state index in [9.17, 15) is 0 Å². The van der Waals surface area contributed by atoms with Gasteiger partial charge in [-0.25, -0.2) is 4.98 Å². The van der Waals surface area contributed by atoms with Gasteiger partial charge in [-0.2, -0.15) is 0 Å². The molecule has 0 aromatic carbocycles. The van der Waals surface area contributed by atoms with Crippen LogP contribution in [0, 0.1) is 0 Å². The maximum absolute atomic E-state index is 4.23. The van der Waals surface area contributed by atoms with Crippen LogP contribution in [0.3, 0.4) is 0 Å². The summed E-state index contributed by atoms with van der Waals surface area (Å²) < 4.78 is 1.02. The van der Waals surface area contributed by atoms with Gasteiger partial charge in [0.1, 0.15) is 5.82 Å². The summed E-state index contributed by atoms with van der Waals surface area (Å²) in [5.41, 5.74) is 0. The Labute approximate surface area is 75.4 Å². The number of halogens is 1. The Morgan fingerprint density at radius 3 is 2.73 bits per heavy atom. The summed E-state index contributed by atoms with van der Waals surface area (Å²) in [5, 5.41) is 0. The molecule has 0 spiro atoms. The summed E-state index contributed by atoms with van der Waals surface area (Å²) >= 11 is 3.34. The van der Waals surface area contributed by atoms with Gasteiger partial charge in [-0.15, -0.1) is 0 Å². The van der Waals surface area contributed by atoms with Crippen molar-refractivity contribution in [1.82, 2.24) is 4.98 Å². The third-order valence-corrected chi connectivity index (χ3v) is 2.05. The van der Waals surface area contributed by atoms with Crippen LogP contribution in [0.1, 0.15) is 6.92 Å². The highest BCUT2D eigenvalue weighted by Gasteiger charge is 1.97. The Morgan fingerprint density at radius 2 is 2.27 bits per heavy atom. The van der Waals surface area contributed by atoms with E-state index < -0.39 is 0 Å². The van der Waals surface area contributed by atoms with Crippen molar-refractivity contribution in [2.75, 3.05) is 18.5 Å². The van der Waals surface area contributed by atoms with Crippen LogP contribution in [0.4, 0.5) is 5.82 Å². The topological polar surface area (TPSA) is 16.1 Å². The van der Waals surface area contributed by atoms with Crippen LogP contribution in [0.5, 0.6) is 0 Å². The summed E-state index contributed by atoms with van der Waals surface area (Å²) in [5.74, 6) is 1.01.